The molecule has 1 aromatic carbocycles. The number of rotatable bonds is 5. The molecule has 3 atom stereocenters. The zero-order chi connectivity index (χ0) is 17.9. The molecule has 1 aliphatic rings. The van der Waals surface area contributed by atoms with E-state index in [0.29, 0.717) is 17.8 Å². The van der Waals surface area contributed by atoms with E-state index in [1.54, 1.807) is 0 Å². The second-order valence-electron chi connectivity index (χ2n) is 6.91. The minimum Gasteiger partial charge on any atom is -0.490 e. The van der Waals surface area contributed by atoms with E-state index in [9.17, 15) is 14.9 Å². The molecular formula is C18H25NO5. The molecule has 0 heterocycles. The van der Waals surface area contributed by atoms with E-state index in [1.165, 1.54) is 25.3 Å². The lowest BCUT2D eigenvalue weighted by molar-refractivity contribution is -0.385. The molecule has 132 valence electrons. The van der Waals surface area contributed by atoms with Crippen LogP contribution in [0.4, 0.5) is 5.69 Å². The lowest BCUT2D eigenvalue weighted by Crippen LogP contribution is -2.35. The summed E-state index contributed by atoms with van der Waals surface area (Å²) in [5.74, 6) is 0.898. The van der Waals surface area contributed by atoms with Crippen molar-refractivity contribution in [1.29, 1.82) is 0 Å². The molecule has 1 aromatic rings. The molecule has 0 spiro atoms. The van der Waals surface area contributed by atoms with Crippen LogP contribution in [0.15, 0.2) is 18.2 Å². The standard InChI is InChI=1S/C18H25NO5/c1-11(2)14-7-5-12(3)9-17(14)24-18(20)13-6-8-16(23-4)15(10-13)19(21)22/h6,8,10-12,14,17H,5,7,9H2,1-4H3/t12-,14+,17+/m0/s1. The number of ether oxygens (including phenoxy) is 2. The van der Waals surface area contributed by atoms with Gasteiger partial charge in [0.15, 0.2) is 5.75 Å². The number of benzene rings is 1. The molecule has 0 saturated heterocycles. The number of nitro benzene ring substituents is 1. The number of esters is 1. The van der Waals surface area contributed by atoms with Gasteiger partial charge in [0, 0.05) is 6.07 Å². The number of hydrogen-bond acceptors (Lipinski definition) is 5. The van der Waals surface area contributed by atoms with Gasteiger partial charge < -0.3 is 9.47 Å². The van der Waals surface area contributed by atoms with Crippen LogP contribution in [0.1, 0.15) is 50.4 Å². The molecule has 0 amide bonds. The van der Waals surface area contributed by atoms with Crippen molar-refractivity contribution in [2.45, 2.75) is 46.1 Å². The van der Waals surface area contributed by atoms with Gasteiger partial charge in [0.2, 0.25) is 0 Å². The highest BCUT2D eigenvalue weighted by atomic mass is 16.6. The van der Waals surface area contributed by atoms with Crippen molar-refractivity contribution in [3.8, 4) is 5.75 Å². The summed E-state index contributed by atoms with van der Waals surface area (Å²) >= 11 is 0. The second-order valence-corrected chi connectivity index (χ2v) is 6.91. The fourth-order valence-electron chi connectivity index (χ4n) is 3.42. The molecule has 0 N–H and O–H groups in total. The summed E-state index contributed by atoms with van der Waals surface area (Å²) in [5, 5.41) is 11.1. The highest BCUT2D eigenvalue weighted by molar-refractivity contribution is 5.90. The van der Waals surface area contributed by atoms with Crippen LogP contribution in [0, 0.1) is 27.9 Å². The van der Waals surface area contributed by atoms with E-state index in [-0.39, 0.29) is 23.1 Å². The van der Waals surface area contributed by atoms with E-state index in [4.69, 9.17) is 9.47 Å². The van der Waals surface area contributed by atoms with Gasteiger partial charge in [0.25, 0.3) is 0 Å². The minimum absolute atomic E-state index is 0.128. The largest absolute Gasteiger partial charge is 0.490 e. The molecule has 24 heavy (non-hydrogen) atoms. The van der Waals surface area contributed by atoms with Crippen molar-refractivity contribution in [1.82, 2.24) is 0 Å². The van der Waals surface area contributed by atoms with Gasteiger partial charge in [-0.25, -0.2) is 4.79 Å². The summed E-state index contributed by atoms with van der Waals surface area (Å²) in [7, 11) is 1.36. The van der Waals surface area contributed by atoms with Gasteiger partial charge in [-0.15, -0.1) is 0 Å². The summed E-state index contributed by atoms with van der Waals surface area (Å²) in [6.45, 7) is 6.44. The van der Waals surface area contributed by atoms with Gasteiger partial charge in [0.1, 0.15) is 6.10 Å². The van der Waals surface area contributed by atoms with Gasteiger partial charge in [-0.1, -0.05) is 27.2 Å². The van der Waals surface area contributed by atoms with Crippen molar-refractivity contribution in [3.63, 3.8) is 0 Å². The van der Waals surface area contributed by atoms with Crippen LogP contribution in [0.25, 0.3) is 0 Å². The number of nitro groups is 1. The van der Waals surface area contributed by atoms with Crippen LogP contribution >= 0.6 is 0 Å². The highest BCUT2D eigenvalue weighted by Crippen LogP contribution is 2.36. The fourth-order valence-corrected chi connectivity index (χ4v) is 3.42. The Morgan fingerprint density at radius 1 is 1.33 bits per heavy atom. The Bertz CT molecular complexity index is 613. The van der Waals surface area contributed by atoms with Crippen LogP contribution in [0.3, 0.4) is 0 Å². The van der Waals surface area contributed by atoms with Crippen molar-refractivity contribution in [3.05, 3.63) is 33.9 Å². The first-order valence-corrected chi connectivity index (χ1v) is 8.36. The fraction of sp³-hybridized carbons (Fsp3) is 0.611. The molecule has 0 unspecified atom stereocenters. The molecular weight excluding hydrogens is 310 g/mol. The third-order valence-corrected chi connectivity index (χ3v) is 4.83. The third-order valence-electron chi connectivity index (χ3n) is 4.83. The molecule has 1 saturated carbocycles. The van der Waals surface area contributed by atoms with Gasteiger partial charge in [-0.3, -0.25) is 10.1 Å². The first-order valence-electron chi connectivity index (χ1n) is 8.36. The molecule has 0 aromatic heterocycles. The number of hydrogen-bond donors (Lipinski definition) is 0. The zero-order valence-corrected chi connectivity index (χ0v) is 14.7. The Hall–Kier alpha value is -2.11. The maximum absolute atomic E-state index is 12.5. The third kappa shape index (κ3) is 4.04. The van der Waals surface area contributed by atoms with Gasteiger partial charge in [-0.05, 0) is 42.7 Å². The van der Waals surface area contributed by atoms with E-state index < -0.39 is 10.9 Å². The average molecular weight is 335 g/mol. The lowest BCUT2D eigenvalue weighted by Gasteiger charge is -2.36. The first kappa shape index (κ1) is 18.2. The number of carbonyl (C=O) groups is 1. The molecule has 0 radical (unpaired) electrons. The Labute approximate surface area is 142 Å². The normalized spacial score (nSPS) is 23.8. The quantitative estimate of drug-likeness (QED) is 0.457. The van der Waals surface area contributed by atoms with Crippen LogP contribution in [0.5, 0.6) is 5.75 Å². The Balaban J connectivity index is 2.19. The second kappa shape index (κ2) is 7.64. The van der Waals surface area contributed by atoms with Gasteiger partial charge in [0.05, 0.1) is 17.6 Å². The van der Waals surface area contributed by atoms with Crippen LogP contribution in [0.2, 0.25) is 0 Å². The highest BCUT2D eigenvalue weighted by Gasteiger charge is 2.34. The molecule has 0 aliphatic heterocycles. The first-order chi connectivity index (χ1) is 11.3. The molecule has 2 rings (SSSR count). The molecule has 6 heteroatoms. The Morgan fingerprint density at radius 3 is 2.62 bits per heavy atom. The summed E-state index contributed by atoms with van der Waals surface area (Å²) in [6, 6.07) is 4.15. The van der Waals surface area contributed by atoms with Crippen molar-refractivity contribution in [2.75, 3.05) is 7.11 Å². The van der Waals surface area contributed by atoms with Gasteiger partial charge >= 0.3 is 11.7 Å². The smallest absolute Gasteiger partial charge is 0.338 e. The zero-order valence-electron chi connectivity index (χ0n) is 14.7. The van der Waals surface area contributed by atoms with E-state index >= 15 is 0 Å². The molecule has 1 aliphatic carbocycles. The maximum Gasteiger partial charge on any atom is 0.338 e. The maximum atomic E-state index is 12.5. The molecule has 1 fully saturated rings. The van der Waals surface area contributed by atoms with Crippen molar-refractivity contribution in [2.24, 2.45) is 17.8 Å². The number of nitrogens with zero attached hydrogens (tertiary/aromatic N) is 1. The molecule has 6 nitrogen and oxygen atoms in total. The van der Waals surface area contributed by atoms with E-state index in [0.717, 1.165) is 19.3 Å². The predicted molar refractivity (Wildman–Crippen MR) is 90.2 cm³/mol. The van der Waals surface area contributed by atoms with Crippen LogP contribution < -0.4 is 4.74 Å². The van der Waals surface area contributed by atoms with E-state index in [2.05, 4.69) is 20.8 Å². The monoisotopic (exact) mass is 335 g/mol. The summed E-state index contributed by atoms with van der Waals surface area (Å²) < 4.78 is 10.7. The summed E-state index contributed by atoms with van der Waals surface area (Å²) in [5.41, 5.74) is -0.0485. The van der Waals surface area contributed by atoms with Crippen molar-refractivity contribution >= 4 is 11.7 Å². The lowest BCUT2D eigenvalue weighted by atomic mass is 9.75. The minimum atomic E-state index is -0.560. The Morgan fingerprint density at radius 2 is 2.04 bits per heavy atom. The van der Waals surface area contributed by atoms with Crippen LogP contribution in [-0.4, -0.2) is 24.1 Å². The van der Waals surface area contributed by atoms with E-state index in [1.807, 2.05) is 0 Å². The Kier molecular flexibility index (Phi) is 5.80. The predicted octanol–water partition coefficient (Wildman–Crippen LogP) is 4.22. The number of carbonyl (C=O) groups excluding carboxylic acids is 1. The van der Waals surface area contributed by atoms with Gasteiger partial charge in [-0.2, -0.15) is 0 Å². The SMILES string of the molecule is COc1ccc(C(=O)O[C@@H]2C[C@@H](C)CC[C@@H]2C(C)C)cc1[N+](=O)[O-]. The average Bonchev–Trinajstić information content (AvgIpc) is 2.53. The summed E-state index contributed by atoms with van der Waals surface area (Å²) in [6.07, 6.45) is 2.89. The summed E-state index contributed by atoms with van der Waals surface area (Å²) in [4.78, 5) is 23.0. The topological polar surface area (TPSA) is 78.7 Å². The number of methoxy groups -OCH3 is 1. The van der Waals surface area contributed by atoms with Crippen LogP contribution in [-0.2, 0) is 4.74 Å². The molecule has 0 bridgehead atoms. The van der Waals surface area contributed by atoms with Crippen molar-refractivity contribution < 1.29 is 19.2 Å².